The number of rotatable bonds is 6. The van der Waals surface area contributed by atoms with Crippen LogP contribution in [0.4, 0.5) is 0 Å². The van der Waals surface area contributed by atoms with Crippen molar-refractivity contribution < 1.29 is 109 Å². The fourth-order valence-corrected chi connectivity index (χ4v) is 2.47. The van der Waals surface area contributed by atoms with Crippen LogP contribution in [0.25, 0.3) is 0 Å². The van der Waals surface area contributed by atoms with E-state index in [0.29, 0.717) is 0 Å². The maximum Gasteiger partial charge on any atom is 0.377 e. The number of hydrogen-bond donors (Lipinski definition) is 12. The van der Waals surface area contributed by atoms with E-state index in [1.807, 2.05) is 0 Å². The van der Waals surface area contributed by atoms with Crippen molar-refractivity contribution in [3.63, 3.8) is 0 Å². The molecule has 0 aromatic rings. The molecule has 19 heteroatoms. The van der Waals surface area contributed by atoms with Gasteiger partial charge in [-0.05, 0) is 0 Å². The maximum absolute atomic E-state index is 10.5. The van der Waals surface area contributed by atoms with E-state index in [0.717, 1.165) is 0 Å². The Labute approximate surface area is 218 Å². The summed E-state index contributed by atoms with van der Waals surface area (Å²) in [7, 11) is 0. The minimum absolute atomic E-state index is 0. The zero-order chi connectivity index (χ0) is 27.9. The molecule has 0 spiro atoms. The van der Waals surface area contributed by atoms with Gasteiger partial charge in [-0.25, -0.2) is 14.4 Å². The van der Waals surface area contributed by atoms with Crippen LogP contribution in [-0.2, 0) is 48.1 Å². The van der Waals surface area contributed by atoms with Crippen LogP contribution in [0.1, 0.15) is 0 Å². The summed E-state index contributed by atoms with van der Waals surface area (Å²) in [6.07, 6.45) is -8.33. The van der Waals surface area contributed by atoms with Crippen molar-refractivity contribution in [2.75, 3.05) is 19.8 Å². The predicted molar refractivity (Wildman–Crippen MR) is 106 cm³/mol. The van der Waals surface area contributed by atoms with Gasteiger partial charge in [-0.2, -0.15) is 0 Å². The second-order valence-electron chi connectivity index (χ2n) is 6.93. The Balaban J connectivity index is 0.000000518. The molecule has 3 aliphatic heterocycles. The summed E-state index contributed by atoms with van der Waals surface area (Å²) in [6, 6.07) is 0. The van der Waals surface area contributed by atoms with Crippen molar-refractivity contribution in [3.05, 3.63) is 34.6 Å². The van der Waals surface area contributed by atoms with E-state index >= 15 is 0 Å². The number of carbonyl (C=O) groups is 3. The Kier molecular flexibility index (Phi) is 13.3. The van der Waals surface area contributed by atoms with E-state index in [1.54, 1.807) is 0 Å². The van der Waals surface area contributed by atoms with Crippen LogP contribution in [0, 0.1) is 0 Å². The van der Waals surface area contributed by atoms with Crippen molar-refractivity contribution in [2.24, 2.45) is 0 Å². The molecule has 18 nitrogen and oxygen atoms in total. The van der Waals surface area contributed by atoms with Gasteiger partial charge in [0.1, 0.15) is 18.3 Å². The number of hydrogen-bond acceptors (Lipinski definition) is 18. The fourth-order valence-electron chi connectivity index (χ4n) is 2.47. The number of carbonyl (C=O) groups excluding carboxylic acids is 3. The molecule has 0 aromatic heterocycles. The quantitative estimate of drug-likeness (QED) is 0.0752. The van der Waals surface area contributed by atoms with Crippen LogP contribution in [-0.4, -0.2) is 136 Å². The third kappa shape index (κ3) is 7.90. The molecule has 0 saturated carbocycles. The Hall–Kier alpha value is -3.19. The molecule has 12 N–H and O–H groups in total. The van der Waals surface area contributed by atoms with Crippen molar-refractivity contribution in [3.8, 4) is 0 Å². The van der Waals surface area contributed by atoms with E-state index in [-0.39, 0.29) is 19.5 Å². The summed E-state index contributed by atoms with van der Waals surface area (Å²) in [6.45, 7) is -2.01. The van der Waals surface area contributed by atoms with Crippen LogP contribution in [0.15, 0.2) is 34.6 Å². The number of esters is 3. The summed E-state index contributed by atoms with van der Waals surface area (Å²) in [4.78, 5) is 31.6. The Bertz CT molecular complexity index is 822. The molecule has 0 aliphatic carbocycles. The van der Waals surface area contributed by atoms with E-state index in [4.69, 9.17) is 61.3 Å². The first-order chi connectivity index (χ1) is 16.7. The average Bonchev–Trinajstić information content (AvgIpc) is 3.40. The minimum atomic E-state index is -1.42. The van der Waals surface area contributed by atoms with Gasteiger partial charge in [-0.1, -0.05) is 0 Å². The molecule has 0 radical (unpaired) electrons. The molecule has 0 amide bonds. The Morgan fingerprint density at radius 2 is 0.703 bits per heavy atom. The smallest absolute Gasteiger partial charge is 0.377 e. The molecule has 0 fully saturated rings. The summed E-state index contributed by atoms with van der Waals surface area (Å²) < 4.78 is 12.9. The average molecular weight is 629 g/mol. The standard InChI is InChI=1S/3C6H8O6.Ru/c3*7-1-2(8)5-3(9)4(10)6(11)12-5;/h3*2,5,7-10H,1H2;/t3*2-,5+;/m000./s1. The summed E-state index contributed by atoms with van der Waals surface area (Å²) in [5.74, 6) is -8.34. The fraction of sp³-hybridized carbons (Fsp3) is 0.500. The zero-order valence-electron chi connectivity index (χ0n) is 18.3. The Morgan fingerprint density at radius 1 is 0.514 bits per heavy atom. The Morgan fingerprint density at radius 3 is 0.811 bits per heavy atom. The van der Waals surface area contributed by atoms with Crippen LogP contribution in [0.2, 0.25) is 0 Å². The van der Waals surface area contributed by atoms with Gasteiger partial charge in [0.2, 0.25) is 17.3 Å². The van der Waals surface area contributed by atoms with Crippen molar-refractivity contribution in [1.82, 2.24) is 0 Å². The molecular formula is C18H24O18Ru. The van der Waals surface area contributed by atoms with Gasteiger partial charge in [-0.3, -0.25) is 0 Å². The first kappa shape index (κ1) is 33.8. The SMILES string of the molecule is O=C1O[C@H]([C@@H](O)CO)C(O)=C1O.O=C1O[C@H]([C@@H](O)CO)C(O)=C1O.O=C1O[C@H]([C@@H](O)CO)C(O)=C1O.[Ru]. The molecular weight excluding hydrogens is 605 g/mol. The van der Waals surface area contributed by atoms with E-state index < -0.39 is 109 Å². The summed E-state index contributed by atoms with van der Waals surface area (Å²) >= 11 is 0. The van der Waals surface area contributed by atoms with Crippen LogP contribution >= 0.6 is 0 Å². The number of aliphatic hydroxyl groups excluding tert-OH is 12. The molecule has 0 bridgehead atoms. The number of ether oxygens (including phenoxy) is 3. The first-order valence-corrected chi connectivity index (χ1v) is 9.59. The van der Waals surface area contributed by atoms with Crippen molar-refractivity contribution in [1.29, 1.82) is 0 Å². The molecule has 3 aliphatic rings. The van der Waals surface area contributed by atoms with Crippen molar-refractivity contribution >= 4 is 17.9 Å². The van der Waals surface area contributed by atoms with Gasteiger partial charge in [0, 0.05) is 19.5 Å². The topological polar surface area (TPSA) is 322 Å². The van der Waals surface area contributed by atoms with Gasteiger partial charge in [-0.15, -0.1) is 0 Å². The molecule has 0 saturated heterocycles. The number of cyclic esters (lactones) is 3. The van der Waals surface area contributed by atoms with Gasteiger partial charge < -0.3 is 75.5 Å². The minimum Gasteiger partial charge on any atom is -0.505 e. The van der Waals surface area contributed by atoms with Crippen LogP contribution in [0.3, 0.4) is 0 Å². The summed E-state index contributed by atoms with van der Waals surface area (Å²) in [5, 5.41) is 105. The second kappa shape index (κ2) is 14.5. The molecule has 0 aromatic carbocycles. The molecule has 212 valence electrons. The van der Waals surface area contributed by atoms with Gasteiger partial charge in [0.15, 0.2) is 35.6 Å². The maximum atomic E-state index is 10.5. The second-order valence-corrected chi connectivity index (χ2v) is 6.93. The molecule has 37 heavy (non-hydrogen) atoms. The normalized spacial score (nSPS) is 25.1. The van der Waals surface area contributed by atoms with Crippen LogP contribution < -0.4 is 0 Å². The van der Waals surface area contributed by atoms with Crippen LogP contribution in [0.5, 0.6) is 0 Å². The first-order valence-electron chi connectivity index (χ1n) is 9.59. The molecule has 6 atom stereocenters. The molecule has 3 rings (SSSR count). The third-order valence-corrected chi connectivity index (χ3v) is 4.43. The monoisotopic (exact) mass is 630 g/mol. The predicted octanol–water partition coefficient (Wildman–Crippen LogP) is -4.22. The van der Waals surface area contributed by atoms with Gasteiger partial charge in [0.25, 0.3) is 0 Å². The summed E-state index contributed by atoms with van der Waals surface area (Å²) in [5.41, 5.74) is 0. The van der Waals surface area contributed by atoms with E-state index in [2.05, 4.69) is 14.2 Å². The molecule has 0 unspecified atom stereocenters. The van der Waals surface area contributed by atoms with E-state index in [1.165, 1.54) is 0 Å². The third-order valence-electron chi connectivity index (χ3n) is 4.43. The largest absolute Gasteiger partial charge is 0.505 e. The molecule has 3 heterocycles. The van der Waals surface area contributed by atoms with E-state index in [9.17, 15) is 14.4 Å². The van der Waals surface area contributed by atoms with Gasteiger partial charge >= 0.3 is 17.9 Å². The zero-order valence-corrected chi connectivity index (χ0v) is 20.0. The van der Waals surface area contributed by atoms with Crippen molar-refractivity contribution in [2.45, 2.75) is 36.6 Å². The number of aliphatic hydroxyl groups is 12. The van der Waals surface area contributed by atoms with Gasteiger partial charge in [0.05, 0.1) is 19.8 Å².